The number of allylic oxidation sites excluding steroid dienone is 1. The summed E-state index contributed by atoms with van der Waals surface area (Å²) in [4.78, 5) is 27.5. The topological polar surface area (TPSA) is 70.0 Å². The highest BCUT2D eigenvalue weighted by atomic mass is 16.5. The van der Waals surface area contributed by atoms with Gasteiger partial charge >= 0.3 is 5.97 Å². The first-order chi connectivity index (χ1) is 15.3. The normalized spacial score (nSPS) is 15.1. The lowest BCUT2D eigenvalue weighted by Crippen LogP contribution is -2.28. The molecule has 2 aromatic rings. The van der Waals surface area contributed by atoms with Gasteiger partial charge in [0, 0.05) is 36.4 Å². The Balaban J connectivity index is 2.07. The first kappa shape index (κ1) is 23.3. The van der Waals surface area contributed by atoms with E-state index in [9.17, 15) is 9.59 Å². The van der Waals surface area contributed by atoms with E-state index in [2.05, 4.69) is 4.57 Å². The molecule has 1 aromatic heterocycles. The van der Waals surface area contributed by atoms with Crippen LogP contribution in [0.1, 0.15) is 30.8 Å². The fourth-order valence-electron chi connectivity index (χ4n) is 4.00. The van der Waals surface area contributed by atoms with Crippen LogP contribution in [0.3, 0.4) is 0 Å². The van der Waals surface area contributed by atoms with Crippen molar-refractivity contribution in [2.24, 2.45) is 0 Å². The summed E-state index contributed by atoms with van der Waals surface area (Å²) >= 11 is 0. The zero-order chi connectivity index (χ0) is 23.4. The van der Waals surface area contributed by atoms with Crippen LogP contribution in [0.15, 0.2) is 47.2 Å². The Morgan fingerprint density at radius 3 is 2.38 bits per heavy atom. The van der Waals surface area contributed by atoms with Gasteiger partial charge in [0.2, 0.25) is 0 Å². The van der Waals surface area contributed by atoms with Crippen molar-refractivity contribution >= 4 is 18.0 Å². The van der Waals surface area contributed by atoms with Crippen LogP contribution >= 0.6 is 0 Å². The van der Waals surface area contributed by atoms with Gasteiger partial charge in [-0.2, -0.15) is 0 Å². The predicted molar refractivity (Wildman–Crippen MR) is 123 cm³/mol. The molecular weight excluding hydrogens is 408 g/mol. The first-order valence-corrected chi connectivity index (χ1v) is 10.6. The molecule has 0 radical (unpaired) electrons. The number of rotatable bonds is 8. The highest BCUT2D eigenvalue weighted by molar-refractivity contribution is 6.16. The molecule has 7 heteroatoms. The minimum Gasteiger partial charge on any atom is -0.497 e. The van der Waals surface area contributed by atoms with Gasteiger partial charge in [-0.05, 0) is 69.7 Å². The zero-order valence-electron chi connectivity index (χ0n) is 19.5. The molecule has 0 saturated heterocycles. The molecule has 1 aliphatic heterocycles. The Hall–Kier alpha value is -3.32. The third-order valence-corrected chi connectivity index (χ3v) is 5.61. The van der Waals surface area contributed by atoms with Gasteiger partial charge in [-0.15, -0.1) is 0 Å². The van der Waals surface area contributed by atoms with Gasteiger partial charge in [0.1, 0.15) is 5.75 Å². The molecule has 0 unspecified atom stereocenters. The molecule has 3 rings (SSSR count). The molecule has 0 saturated carbocycles. The molecule has 0 spiro atoms. The lowest BCUT2D eigenvalue weighted by Gasteiger charge is -2.16. The molecule has 1 aromatic carbocycles. The van der Waals surface area contributed by atoms with Crippen molar-refractivity contribution in [1.82, 2.24) is 9.47 Å². The van der Waals surface area contributed by atoms with E-state index >= 15 is 0 Å². The molecule has 1 aliphatic rings. The summed E-state index contributed by atoms with van der Waals surface area (Å²) in [6, 6.07) is 9.79. The smallest absolute Gasteiger partial charge is 0.340 e. The van der Waals surface area contributed by atoms with E-state index in [4.69, 9.17) is 14.2 Å². The van der Waals surface area contributed by atoms with Crippen LogP contribution < -0.4 is 4.74 Å². The summed E-state index contributed by atoms with van der Waals surface area (Å²) in [5, 5.41) is 0. The van der Waals surface area contributed by atoms with Gasteiger partial charge in [0.25, 0.3) is 5.91 Å². The summed E-state index contributed by atoms with van der Waals surface area (Å²) in [5.74, 6) is 0.0660. The number of ether oxygens (including phenoxy) is 3. The number of amides is 1. The van der Waals surface area contributed by atoms with E-state index in [-0.39, 0.29) is 12.5 Å². The van der Waals surface area contributed by atoms with Crippen LogP contribution in [0.5, 0.6) is 5.75 Å². The van der Waals surface area contributed by atoms with Gasteiger partial charge in [0.05, 0.1) is 31.5 Å². The average molecular weight is 439 g/mol. The van der Waals surface area contributed by atoms with Gasteiger partial charge in [0.15, 0.2) is 0 Å². The third kappa shape index (κ3) is 4.34. The Morgan fingerprint density at radius 2 is 1.78 bits per heavy atom. The van der Waals surface area contributed by atoms with E-state index in [1.807, 2.05) is 44.2 Å². The second-order valence-electron chi connectivity index (χ2n) is 7.55. The summed E-state index contributed by atoms with van der Waals surface area (Å²) in [5.41, 5.74) is 5.06. The van der Waals surface area contributed by atoms with Gasteiger partial charge < -0.3 is 23.7 Å². The Labute approximate surface area is 188 Å². The minimum absolute atomic E-state index is 0.225. The number of carbonyl (C=O) groups is 2. The molecule has 0 bridgehead atoms. The second-order valence-corrected chi connectivity index (χ2v) is 7.55. The van der Waals surface area contributed by atoms with Crippen molar-refractivity contribution in [2.45, 2.75) is 27.7 Å². The van der Waals surface area contributed by atoms with Crippen LogP contribution in [0.25, 0.3) is 11.8 Å². The Kier molecular flexibility index (Phi) is 7.20. The maximum absolute atomic E-state index is 13.2. The van der Waals surface area contributed by atoms with Crippen molar-refractivity contribution in [3.05, 3.63) is 64.1 Å². The highest BCUT2D eigenvalue weighted by Crippen LogP contribution is 2.33. The lowest BCUT2D eigenvalue weighted by atomic mass is 10.0. The molecule has 7 nitrogen and oxygen atoms in total. The van der Waals surface area contributed by atoms with E-state index in [1.54, 1.807) is 39.0 Å². The van der Waals surface area contributed by atoms with E-state index in [0.29, 0.717) is 30.0 Å². The lowest BCUT2D eigenvalue weighted by molar-refractivity contribution is -0.138. The van der Waals surface area contributed by atoms with E-state index in [1.165, 1.54) is 0 Å². The third-order valence-electron chi connectivity index (χ3n) is 5.61. The van der Waals surface area contributed by atoms with Crippen LogP contribution in [-0.4, -0.2) is 55.3 Å². The molecule has 0 N–H and O–H groups in total. The number of hydrogen-bond acceptors (Lipinski definition) is 5. The molecular formula is C25H30N2O5. The summed E-state index contributed by atoms with van der Waals surface area (Å²) in [6.45, 7) is 8.49. The first-order valence-electron chi connectivity index (χ1n) is 10.6. The number of benzene rings is 1. The summed E-state index contributed by atoms with van der Waals surface area (Å²) < 4.78 is 17.7. The van der Waals surface area contributed by atoms with Crippen LogP contribution in [0, 0.1) is 13.8 Å². The maximum Gasteiger partial charge on any atom is 0.340 e. The Morgan fingerprint density at radius 1 is 1.09 bits per heavy atom. The van der Waals surface area contributed by atoms with E-state index in [0.717, 1.165) is 28.4 Å². The number of aromatic nitrogens is 1. The molecule has 2 heterocycles. The zero-order valence-corrected chi connectivity index (χ0v) is 19.5. The number of carbonyl (C=O) groups excluding carboxylic acids is 2. The van der Waals surface area contributed by atoms with Crippen LogP contribution in [0.2, 0.25) is 0 Å². The van der Waals surface area contributed by atoms with Gasteiger partial charge in [-0.25, -0.2) is 4.79 Å². The standard InChI is InChI=1S/C25H30N2O5/c1-7-32-25(29)23-18(4)26(12-13-30-5)24(28)22(23)15-19-14-16(2)27(17(19)3)20-8-10-21(31-6)11-9-20/h8-11,14-15H,7,12-13H2,1-6H3/b22-15+. The van der Waals surface area contributed by atoms with Crippen molar-refractivity contribution in [1.29, 1.82) is 0 Å². The van der Waals surface area contributed by atoms with E-state index < -0.39 is 5.97 Å². The number of nitrogens with zero attached hydrogens (tertiary/aromatic N) is 2. The SMILES string of the molecule is CCOC(=O)C1=C(C)N(CCOC)C(=O)/C1=C/c1cc(C)n(-c2ccc(OC)cc2)c1C. The molecule has 0 fully saturated rings. The number of hydrogen-bond donors (Lipinski definition) is 0. The average Bonchev–Trinajstić information content (AvgIpc) is 3.18. The molecule has 0 aliphatic carbocycles. The van der Waals surface area contributed by atoms with Gasteiger partial charge in [-0.3, -0.25) is 4.79 Å². The van der Waals surface area contributed by atoms with Gasteiger partial charge in [-0.1, -0.05) is 0 Å². The van der Waals surface area contributed by atoms with Crippen molar-refractivity contribution in [3.63, 3.8) is 0 Å². The fourth-order valence-corrected chi connectivity index (χ4v) is 4.00. The monoisotopic (exact) mass is 438 g/mol. The summed E-state index contributed by atoms with van der Waals surface area (Å²) in [6.07, 6.45) is 1.78. The molecule has 170 valence electrons. The molecule has 1 amide bonds. The maximum atomic E-state index is 13.2. The number of aryl methyl sites for hydroxylation is 1. The minimum atomic E-state index is -0.492. The summed E-state index contributed by atoms with van der Waals surface area (Å²) in [7, 11) is 3.22. The van der Waals surface area contributed by atoms with Crippen molar-refractivity contribution < 1.29 is 23.8 Å². The highest BCUT2D eigenvalue weighted by Gasteiger charge is 2.37. The molecule has 32 heavy (non-hydrogen) atoms. The fraction of sp³-hybridized carbons (Fsp3) is 0.360. The molecule has 0 atom stereocenters. The van der Waals surface area contributed by atoms with Crippen LogP contribution in [-0.2, 0) is 19.1 Å². The largest absolute Gasteiger partial charge is 0.497 e. The van der Waals surface area contributed by atoms with Crippen molar-refractivity contribution in [2.75, 3.05) is 34.0 Å². The predicted octanol–water partition coefficient (Wildman–Crippen LogP) is 3.81. The Bertz CT molecular complexity index is 1080. The van der Waals surface area contributed by atoms with Crippen LogP contribution in [0.4, 0.5) is 0 Å². The number of methoxy groups -OCH3 is 2. The second kappa shape index (κ2) is 9.87. The quantitative estimate of drug-likeness (QED) is 0.463. The van der Waals surface area contributed by atoms with Crippen molar-refractivity contribution in [3.8, 4) is 11.4 Å². The number of esters is 1.